The second kappa shape index (κ2) is 20.4. The van der Waals surface area contributed by atoms with E-state index in [1.807, 2.05) is 91.0 Å². The molecule has 9 nitrogen and oxygen atoms in total. The van der Waals surface area contributed by atoms with Gasteiger partial charge in [-0.1, -0.05) is 144 Å². The molecule has 0 radical (unpaired) electrons. The second-order valence-corrected chi connectivity index (χ2v) is 18.8. The predicted molar refractivity (Wildman–Crippen MR) is 285 cm³/mol. The van der Waals surface area contributed by atoms with Crippen molar-refractivity contribution < 1.29 is 48.7 Å². The van der Waals surface area contributed by atoms with E-state index in [2.05, 4.69) is 72.8 Å². The third-order valence-corrected chi connectivity index (χ3v) is 14.3. The first-order valence-corrected chi connectivity index (χ1v) is 24.9. The Morgan fingerprint density at radius 1 is 0.368 bits per heavy atom. The number of aromatic nitrogens is 3. The number of rotatable bonds is 9. The molecule has 10 aromatic rings. The average molecular weight is 1170 g/mol. The number of carbonyl (C=O) groups excluding carboxylic acids is 3. The number of esters is 3. The molecule has 0 amide bonds. The maximum absolute atomic E-state index is 14.2. The van der Waals surface area contributed by atoms with E-state index < -0.39 is 17.9 Å². The zero-order valence-electron chi connectivity index (χ0n) is 40.7. The molecule has 3 aliphatic rings. The van der Waals surface area contributed by atoms with Crippen LogP contribution in [0.15, 0.2) is 182 Å². The molecule has 76 heavy (non-hydrogen) atoms. The van der Waals surface area contributed by atoms with Crippen molar-refractivity contribution in [2.75, 3.05) is 0 Å². The molecule has 3 aliphatic carbocycles. The number of fused-ring (bicyclic) bond motifs is 9. The maximum atomic E-state index is 14.2. The number of carbonyl (C=O) groups is 3. The molecule has 3 heterocycles. The number of hydrogen-bond donors (Lipinski definition) is 0. The van der Waals surface area contributed by atoms with Crippen LogP contribution in [0.1, 0.15) is 64.5 Å². The third-order valence-electron chi connectivity index (χ3n) is 14.3. The largest absolute Gasteiger partial charge is 3.00 e. The van der Waals surface area contributed by atoms with Crippen molar-refractivity contribution in [1.82, 2.24) is 15.0 Å². The number of hydrogen-bond acceptors (Lipinski definition) is 9. The van der Waals surface area contributed by atoms with E-state index in [4.69, 9.17) is 29.2 Å². The molecule has 366 valence electrons. The first-order valence-electron chi connectivity index (χ1n) is 24.9. The second-order valence-electron chi connectivity index (χ2n) is 18.8. The fourth-order valence-corrected chi connectivity index (χ4v) is 10.8. The van der Waals surface area contributed by atoms with E-state index in [1.165, 1.54) is 36.8 Å². The molecule has 0 unspecified atom stereocenters. The molecule has 0 spiro atoms. The molecule has 0 N–H and O–H groups in total. The Kier molecular flexibility index (Phi) is 12.9. The topological polar surface area (TPSA) is 118 Å². The van der Waals surface area contributed by atoms with Crippen LogP contribution in [0.3, 0.4) is 0 Å². The molecular weight excluding hydrogens is 1120 g/mol. The van der Waals surface area contributed by atoms with Crippen molar-refractivity contribution in [3.63, 3.8) is 0 Å². The van der Waals surface area contributed by atoms with Crippen molar-refractivity contribution in [1.29, 1.82) is 0 Å². The van der Waals surface area contributed by atoms with Crippen LogP contribution in [0.4, 0.5) is 0 Å². The standard InChI is InChI=1S/C66H42N3O6.Ir/c70-64(73-49-34-43-25-28-55-52(40-13-4-1-5-14-40)19-10-22-58(55)61(43)67-37-49)46-31-47(65(71)74-50-35-44-26-29-56-53(41-15-6-2-7-16-41)20-11-23-59(56)62(44)68-38-50)33-48(32-46)66(72)75-51-36-45-27-30-57-54(42-17-8-3-9-18-42)21-12-24-60(57)63(45)69-39-51;/h1-21,31-39H,25-30H2;/q-3;+3. The normalized spacial score (nSPS) is 12.5. The van der Waals surface area contributed by atoms with Gasteiger partial charge < -0.3 is 29.2 Å². The van der Waals surface area contributed by atoms with Crippen LogP contribution >= 0.6 is 0 Å². The Morgan fingerprint density at radius 2 is 0.658 bits per heavy atom. The van der Waals surface area contributed by atoms with Crippen molar-refractivity contribution in [2.24, 2.45) is 0 Å². The smallest absolute Gasteiger partial charge is 0.421 e. The van der Waals surface area contributed by atoms with E-state index >= 15 is 0 Å². The minimum absolute atomic E-state index is 0. The van der Waals surface area contributed by atoms with Gasteiger partial charge in [-0.25, -0.2) is 14.4 Å². The summed E-state index contributed by atoms with van der Waals surface area (Å²) in [6, 6.07) is 62.3. The van der Waals surface area contributed by atoms with Gasteiger partial charge in [0.1, 0.15) is 17.2 Å². The van der Waals surface area contributed by atoms with Gasteiger partial charge in [0.15, 0.2) is 0 Å². The zero-order chi connectivity index (χ0) is 50.4. The molecule has 0 saturated carbocycles. The molecule has 7 aromatic carbocycles. The summed E-state index contributed by atoms with van der Waals surface area (Å²) in [7, 11) is 0. The van der Waals surface area contributed by atoms with Gasteiger partial charge in [-0.15, -0.1) is 88.0 Å². The molecule has 0 bridgehead atoms. The van der Waals surface area contributed by atoms with Crippen molar-refractivity contribution in [2.45, 2.75) is 38.5 Å². The van der Waals surface area contributed by atoms with Gasteiger partial charge in [0.2, 0.25) is 0 Å². The average Bonchev–Trinajstić information content (AvgIpc) is 3.46. The van der Waals surface area contributed by atoms with Crippen LogP contribution in [0, 0.1) is 18.2 Å². The summed E-state index contributed by atoms with van der Waals surface area (Å²) in [5.74, 6) is -1.80. The van der Waals surface area contributed by atoms with Gasteiger partial charge in [0, 0.05) is 0 Å². The van der Waals surface area contributed by atoms with E-state index in [0.29, 0.717) is 19.3 Å². The first-order chi connectivity index (χ1) is 36.9. The number of benzene rings is 7. The summed E-state index contributed by atoms with van der Waals surface area (Å²) in [6.45, 7) is 0. The van der Waals surface area contributed by atoms with Gasteiger partial charge >= 0.3 is 38.0 Å². The fourth-order valence-electron chi connectivity index (χ4n) is 10.8. The minimum atomic E-state index is -0.810. The van der Waals surface area contributed by atoms with E-state index in [1.54, 1.807) is 0 Å². The molecule has 3 aromatic heterocycles. The molecule has 0 fully saturated rings. The third kappa shape index (κ3) is 9.12. The number of nitrogens with zero attached hydrogens (tertiary/aromatic N) is 3. The molecule has 0 saturated heterocycles. The fraction of sp³-hybridized carbons (Fsp3) is 0.0909. The predicted octanol–water partition coefficient (Wildman–Crippen LogP) is 13.2. The summed E-state index contributed by atoms with van der Waals surface area (Å²) in [5.41, 5.74) is 17.8. The Balaban J connectivity index is 0.00000582. The maximum Gasteiger partial charge on any atom is 3.00 e. The van der Waals surface area contributed by atoms with Gasteiger partial charge in [-0.3, -0.25) is 0 Å². The van der Waals surface area contributed by atoms with Gasteiger partial charge in [-0.05, 0) is 89.4 Å². The quantitative estimate of drug-likeness (QED) is 0.103. The monoisotopic (exact) mass is 1170 g/mol. The zero-order valence-corrected chi connectivity index (χ0v) is 43.1. The molecule has 13 rings (SSSR count). The molecule has 0 aliphatic heterocycles. The number of ether oxygens (including phenoxy) is 3. The van der Waals surface area contributed by atoms with Crippen molar-refractivity contribution >= 4 is 17.9 Å². The molecular formula is C66H42IrN3O6. The van der Waals surface area contributed by atoms with Gasteiger partial charge in [0.05, 0.1) is 35.3 Å². The van der Waals surface area contributed by atoms with Gasteiger partial charge in [-0.2, -0.15) is 0 Å². The van der Waals surface area contributed by atoms with Crippen LogP contribution in [-0.2, 0) is 58.6 Å². The summed E-state index contributed by atoms with van der Waals surface area (Å²) in [4.78, 5) is 57.0. The van der Waals surface area contributed by atoms with E-state index in [0.717, 1.165) is 120 Å². The molecule has 10 heteroatoms. The minimum Gasteiger partial charge on any atom is -0.421 e. The van der Waals surface area contributed by atoms with E-state index in [-0.39, 0.29) is 54.0 Å². The number of pyridine rings is 3. The van der Waals surface area contributed by atoms with Crippen LogP contribution in [-0.4, -0.2) is 32.9 Å². The van der Waals surface area contributed by atoms with Crippen LogP contribution in [0.25, 0.3) is 67.2 Å². The van der Waals surface area contributed by atoms with E-state index in [9.17, 15) is 14.4 Å². The summed E-state index contributed by atoms with van der Waals surface area (Å²) >= 11 is 0. The summed E-state index contributed by atoms with van der Waals surface area (Å²) in [6.07, 6.45) is 8.78. The van der Waals surface area contributed by atoms with Crippen molar-refractivity contribution in [3.8, 4) is 84.4 Å². The van der Waals surface area contributed by atoms with Crippen LogP contribution < -0.4 is 14.2 Å². The number of aryl methyl sites for hydroxylation is 3. The summed E-state index contributed by atoms with van der Waals surface area (Å²) in [5, 5.41) is 0. The van der Waals surface area contributed by atoms with Gasteiger partial charge in [0.25, 0.3) is 0 Å². The van der Waals surface area contributed by atoms with Crippen LogP contribution in [0.5, 0.6) is 17.2 Å². The summed E-state index contributed by atoms with van der Waals surface area (Å²) < 4.78 is 17.9. The first kappa shape index (κ1) is 48.0. The van der Waals surface area contributed by atoms with Crippen LogP contribution in [0.2, 0.25) is 0 Å². The Labute approximate surface area is 452 Å². The Morgan fingerprint density at radius 3 is 0.947 bits per heavy atom. The Bertz CT molecular complexity index is 3520. The Hall–Kier alpha value is -8.95. The SMILES string of the molecule is O=C(Oc1cnc2c(c1)CCc1c-2[c-]ccc1-c1ccccc1)c1cc(C(=O)Oc2cnc3c(c2)CCc2c-3[c-]ccc2-c2ccccc2)cc(C(=O)Oc2cnc3c(c2)CCc2c-3[c-]ccc2-c2ccccc2)c1.[Ir+3]. The van der Waals surface area contributed by atoms with Crippen molar-refractivity contribution in [3.05, 3.63) is 251 Å². The molecule has 0 atom stereocenters.